The van der Waals surface area contributed by atoms with E-state index >= 15 is 0 Å². The molecular formula is C19H27N3O3. The Balaban J connectivity index is 1.54. The summed E-state index contributed by atoms with van der Waals surface area (Å²) in [5.74, 6) is 0.897. The van der Waals surface area contributed by atoms with E-state index in [1.54, 1.807) is 12.1 Å². The number of benzene rings is 1. The van der Waals surface area contributed by atoms with Crippen molar-refractivity contribution < 1.29 is 9.72 Å². The highest BCUT2D eigenvalue weighted by Gasteiger charge is 2.27. The molecule has 2 aliphatic heterocycles. The number of amides is 1. The third-order valence-electron chi connectivity index (χ3n) is 5.66. The summed E-state index contributed by atoms with van der Waals surface area (Å²) in [5, 5.41) is 11.0. The number of likely N-dealkylation sites (tertiary alicyclic amines) is 2. The van der Waals surface area contributed by atoms with Crippen LogP contribution in [0.15, 0.2) is 24.3 Å². The minimum atomic E-state index is -0.335. The van der Waals surface area contributed by atoms with Crippen molar-refractivity contribution >= 4 is 11.6 Å². The molecule has 0 saturated carbocycles. The van der Waals surface area contributed by atoms with Crippen LogP contribution in [0.4, 0.5) is 5.69 Å². The number of rotatable bonds is 5. The molecule has 25 heavy (non-hydrogen) atoms. The number of piperidine rings is 2. The van der Waals surface area contributed by atoms with Gasteiger partial charge in [0.2, 0.25) is 5.91 Å². The Morgan fingerprint density at radius 3 is 2.68 bits per heavy atom. The fourth-order valence-electron chi connectivity index (χ4n) is 4.00. The summed E-state index contributed by atoms with van der Waals surface area (Å²) >= 11 is 0. The Hall–Kier alpha value is -1.95. The van der Waals surface area contributed by atoms with Gasteiger partial charge in [0.25, 0.3) is 5.69 Å². The van der Waals surface area contributed by atoms with E-state index in [-0.39, 0.29) is 16.7 Å². The first-order valence-corrected chi connectivity index (χ1v) is 9.31. The number of carbonyl (C=O) groups is 1. The maximum absolute atomic E-state index is 12.0. The second kappa shape index (κ2) is 7.95. The average molecular weight is 345 g/mol. The Kier molecular flexibility index (Phi) is 5.68. The summed E-state index contributed by atoms with van der Waals surface area (Å²) in [4.78, 5) is 27.1. The van der Waals surface area contributed by atoms with E-state index in [0.29, 0.717) is 18.2 Å². The molecule has 0 unspecified atom stereocenters. The van der Waals surface area contributed by atoms with Crippen molar-refractivity contribution in [2.75, 3.05) is 26.2 Å². The van der Waals surface area contributed by atoms with Crippen LogP contribution in [-0.2, 0) is 4.79 Å². The van der Waals surface area contributed by atoms with Crippen LogP contribution in [0.5, 0.6) is 0 Å². The van der Waals surface area contributed by atoms with Gasteiger partial charge in [-0.25, -0.2) is 0 Å². The molecule has 6 heteroatoms. The van der Waals surface area contributed by atoms with Gasteiger partial charge >= 0.3 is 0 Å². The van der Waals surface area contributed by atoms with E-state index < -0.39 is 0 Å². The first-order chi connectivity index (χ1) is 12.0. The maximum Gasteiger partial charge on any atom is 0.269 e. The van der Waals surface area contributed by atoms with Crippen LogP contribution >= 0.6 is 0 Å². The second-order valence-corrected chi connectivity index (χ2v) is 7.30. The largest absolute Gasteiger partial charge is 0.342 e. The average Bonchev–Trinajstić information content (AvgIpc) is 2.64. The Morgan fingerprint density at radius 1 is 1.24 bits per heavy atom. The van der Waals surface area contributed by atoms with Gasteiger partial charge in [0, 0.05) is 37.7 Å². The quantitative estimate of drug-likeness (QED) is 0.606. The van der Waals surface area contributed by atoms with Gasteiger partial charge in [-0.3, -0.25) is 19.8 Å². The highest BCUT2D eigenvalue weighted by atomic mass is 16.6. The normalized spacial score (nSPS) is 21.3. The molecule has 0 aromatic heterocycles. The van der Waals surface area contributed by atoms with Crippen molar-refractivity contribution in [1.82, 2.24) is 9.80 Å². The van der Waals surface area contributed by atoms with E-state index in [2.05, 4.69) is 11.8 Å². The molecule has 1 atom stereocenters. The zero-order valence-corrected chi connectivity index (χ0v) is 14.9. The fraction of sp³-hybridized carbons (Fsp3) is 0.632. The smallest absolute Gasteiger partial charge is 0.269 e. The first kappa shape index (κ1) is 17.9. The van der Waals surface area contributed by atoms with Gasteiger partial charge in [-0.1, -0.05) is 12.1 Å². The Labute approximate surface area is 148 Å². The Morgan fingerprint density at radius 2 is 2.00 bits per heavy atom. The van der Waals surface area contributed by atoms with Crippen LogP contribution < -0.4 is 0 Å². The van der Waals surface area contributed by atoms with Gasteiger partial charge in [-0.15, -0.1) is 0 Å². The van der Waals surface area contributed by atoms with Crippen molar-refractivity contribution in [3.63, 3.8) is 0 Å². The minimum absolute atomic E-state index is 0.155. The highest BCUT2D eigenvalue weighted by Crippen LogP contribution is 2.29. The lowest BCUT2D eigenvalue weighted by Crippen LogP contribution is -2.43. The molecule has 2 fully saturated rings. The number of non-ortho nitro benzene ring substituents is 1. The fourth-order valence-corrected chi connectivity index (χ4v) is 4.00. The van der Waals surface area contributed by atoms with Gasteiger partial charge in [-0.2, -0.15) is 0 Å². The van der Waals surface area contributed by atoms with Gasteiger partial charge < -0.3 is 4.90 Å². The highest BCUT2D eigenvalue weighted by molar-refractivity contribution is 5.76. The van der Waals surface area contributed by atoms with Crippen LogP contribution in [-0.4, -0.2) is 46.8 Å². The van der Waals surface area contributed by atoms with Gasteiger partial charge in [-0.05, 0) is 57.2 Å². The lowest BCUT2D eigenvalue weighted by molar-refractivity contribution is -0.385. The molecule has 0 N–H and O–H groups in total. The topological polar surface area (TPSA) is 66.7 Å². The zero-order chi connectivity index (χ0) is 17.8. The summed E-state index contributed by atoms with van der Waals surface area (Å²) in [6, 6.07) is 7.13. The summed E-state index contributed by atoms with van der Waals surface area (Å²) in [5.41, 5.74) is 1.15. The number of hydrogen-bond acceptors (Lipinski definition) is 4. The first-order valence-electron chi connectivity index (χ1n) is 9.31. The molecule has 0 spiro atoms. The molecule has 136 valence electrons. The summed E-state index contributed by atoms with van der Waals surface area (Å²) in [6.07, 6.45) is 5.05. The molecule has 1 aromatic rings. The van der Waals surface area contributed by atoms with Crippen LogP contribution in [0.2, 0.25) is 0 Å². The predicted octanol–water partition coefficient (Wildman–Crippen LogP) is 3.38. The van der Waals surface area contributed by atoms with Crippen LogP contribution in [0.1, 0.15) is 50.6 Å². The standard InChI is InChI=1S/C19H27N3O3/c1-15(17-5-4-6-18(13-17)22(24)25)20-11-8-16(9-12-20)14-21-10-3-2-7-19(21)23/h4-6,13,15-16H,2-3,7-12,14H2,1H3/t15-/m0/s1. The minimum Gasteiger partial charge on any atom is -0.342 e. The maximum atomic E-state index is 12.0. The molecule has 1 aromatic carbocycles. The number of hydrogen-bond donors (Lipinski definition) is 0. The molecule has 2 saturated heterocycles. The van der Waals surface area contributed by atoms with Crippen LogP contribution in [0.3, 0.4) is 0 Å². The van der Waals surface area contributed by atoms with Crippen LogP contribution in [0, 0.1) is 16.0 Å². The summed E-state index contributed by atoms with van der Waals surface area (Å²) in [7, 11) is 0. The molecule has 6 nitrogen and oxygen atoms in total. The monoisotopic (exact) mass is 345 g/mol. The molecule has 2 aliphatic rings. The van der Waals surface area contributed by atoms with Crippen molar-refractivity contribution in [2.24, 2.45) is 5.92 Å². The lowest BCUT2D eigenvalue weighted by Gasteiger charge is -2.38. The van der Waals surface area contributed by atoms with E-state index in [4.69, 9.17) is 0 Å². The van der Waals surface area contributed by atoms with Gasteiger partial charge in [0.1, 0.15) is 0 Å². The molecule has 0 radical (unpaired) electrons. The SMILES string of the molecule is C[C@@H](c1cccc([N+](=O)[O-])c1)N1CCC(CN2CCCCC2=O)CC1. The number of nitro groups is 1. The summed E-state index contributed by atoms with van der Waals surface area (Å²) in [6.45, 7) is 5.90. The molecule has 3 rings (SSSR count). The third-order valence-corrected chi connectivity index (χ3v) is 5.66. The van der Waals surface area contributed by atoms with E-state index in [9.17, 15) is 14.9 Å². The zero-order valence-electron chi connectivity index (χ0n) is 14.9. The van der Waals surface area contributed by atoms with Crippen LogP contribution in [0.25, 0.3) is 0 Å². The summed E-state index contributed by atoms with van der Waals surface area (Å²) < 4.78 is 0. The number of nitro benzene ring substituents is 1. The molecule has 1 amide bonds. The molecular weight excluding hydrogens is 318 g/mol. The Bertz CT molecular complexity index is 626. The van der Waals surface area contributed by atoms with Crippen molar-refractivity contribution in [3.8, 4) is 0 Å². The molecule has 2 heterocycles. The number of nitrogens with zero attached hydrogens (tertiary/aromatic N) is 3. The molecule has 0 aliphatic carbocycles. The van der Waals surface area contributed by atoms with Gasteiger partial charge in [0.15, 0.2) is 0 Å². The second-order valence-electron chi connectivity index (χ2n) is 7.30. The van der Waals surface area contributed by atoms with Crippen molar-refractivity contribution in [3.05, 3.63) is 39.9 Å². The van der Waals surface area contributed by atoms with E-state index in [0.717, 1.165) is 57.4 Å². The van der Waals surface area contributed by atoms with E-state index in [1.165, 1.54) is 6.07 Å². The number of carbonyl (C=O) groups excluding carboxylic acids is 1. The predicted molar refractivity (Wildman–Crippen MR) is 96.2 cm³/mol. The van der Waals surface area contributed by atoms with Gasteiger partial charge in [0.05, 0.1) is 4.92 Å². The lowest BCUT2D eigenvalue weighted by atomic mass is 9.93. The molecule has 0 bridgehead atoms. The third kappa shape index (κ3) is 4.37. The van der Waals surface area contributed by atoms with E-state index in [1.807, 2.05) is 11.0 Å². The van der Waals surface area contributed by atoms with Crippen molar-refractivity contribution in [1.29, 1.82) is 0 Å². The van der Waals surface area contributed by atoms with Crippen molar-refractivity contribution in [2.45, 2.75) is 45.1 Å².